The maximum Gasteiger partial charge on any atom is 0.224 e. The van der Waals surface area contributed by atoms with Crippen LogP contribution >= 0.6 is 0 Å². The van der Waals surface area contributed by atoms with Crippen LogP contribution < -0.4 is 0 Å². The van der Waals surface area contributed by atoms with E-state index in [1.807, 2.05) is 0 Å². The lowest BCUT2D eigenvalue weighted by Gasteiger charge is -2.64. The Balaban J connectivity index is 1.84. The van der Waals surface area contributed by atoms with Crippen molar-refractivity contribution in [3.8, 4) is 12.3 Å². The third-order valence-electron chi connectivity index (χ3n) is 8.59. The van der Waals surface area contributed by atoms with Crippen molar-refractivity contribution < 1.29 is 14.3 Å². The van der Waals surface area contributed by atoms with Gasteiger partial charge in [-0.1, -0.05) is 40.0 Å². The quantitative estimate of drug-likeness (QED) is 0.420. The highest BCUT2D eigenvalue weighted by atomic mass is 16.6. The minimum Gasteiger partial charge on any atom is -0.333 e. The summed E-state index contributed by atoms with van der Waals surface area (Å²) < 4.78 is 5.86. The van der Waals surface area contributed by atoms with Gasteiger partial charge in [0.25, 0.3) is 0 Å². The summed E-state index contributed by atoms with van der Waals surface area (Å²) in [5, 5.41) is 0. The Morgan fingerprint density at radius 3 is 2.50 bits per heavy atom. The van der Waals surface area contributed by atoms with Gasteiger partial charge in [0, 0.05) is 11.8 Å². The number of Topliss-reactive ketones (excluding diaryl/α,β-unsaturated/α-hetero) is 1. The molecule has 3 saturated carbocycles. The van der Waals surface area contributed by atoms with Crippen LogP contribution in [0, 0.1) is 40.4 Å². The van der Waals surface area contributed by atoms with E-state index in [0.29, 0.717) is 12.3 Å². The molecule has 3 aliphatic carbocycles. The van der Waals surface area contributed by atoms with Crippen LogP contribution in [-0.2, 0) is 14.3 Å². The summed E-state index contributed by atoms with van der Waals surface area (Å²) in [6.07, 6.45) is 12.5. The van der Waals surface area contributed by atoms with E-state index in [-0.39, 0.29) is 27.9 Å². The first-order chi connectivity index (χ1) is 11.1. The number of ketones is 1. The van der Waals surface area contributed by atoms with Crippen LogP contribution in [-0.4, -0.2) is 23.3 Å². The molecule has 4 rings (SSSR count). The number of hydrogen-bond donors (Lipinski definition) is 0. The minimum absolute atomic E-state index is 0.0511. The Labute approximate surface area is 144 Å². The first kappa shape index (κ1) is 16.3. The van der Waals surface area contributed by atoms with E-state index in [1.165, 1.54) is 12.8 Å². The van der Waals surface area contributed by atoms with Crippen LogP contribution in [0.15, 0.2) is 0 Å². The van der Waals surface area contributed by atoms with Gasteiger partial charge in [0.05, 0.1) is 0 Å². The summed E-state index contributed by atoms with van der Waals surface area (Å²) in [5.41, 5.74) is -2.35. The van der Waals surface area contributed by atoms with Crippen molar-refractivity contribution >= 4 is 12.1 Å². The molecule has 1 heterocycles. The van der Waals surface area contributed by atoms with Crippen molar-refractivity contribution in [3.05, 3.63) is 0 Å². The molecule has 3 nitrogen and oxygen atoms in total. The smallest absolute Gasteiger partial charge is 0.224 e. The molecule has 1 saturated heterocycles. The van der Waals surface area contributed by atoms with Crippen molar-refractivity contribution in [2.24, 2.45) is 28.1 Å². The predicted octanol–water partition coefficient (Wildman–Crippen LogP) is 3.55. The molecule has 0 amide bonds. The summed E-state index contributed by atoms with van der Waals surface area (Å²) in [5.74, 6) is 3.26. The lowest BCUT2D eigenvalue weighted by atomic mass is 9.38. The highest BCUT2D eigenvalue weighted by Crippen LogP contribution is 2.74. The van der Waals surface area contributed by atoms with Crippen molar-refractivity contribution in [2.45, 2.75) is 77.4 Å². The van der Waals surface area contributed by atoms with Gasteiger partial charge in [-0.25, -0.2) is 0 Å². The zero-order chi connectivity index (χ0) is 17.6. The zero-order valence-electron chi connectivity index (χ0n) is 15.3. The number of terminal acetylenes is 1. The van der Waals surface area contributed by atoms with Gasteiger partial charge in [-0.3, -0.25) is 9.59 Å². The summed E-state index contributed by atoms with van der Waals surface area (Å²) in [7, 11) is 0. The van der Waals surface area contributed by atoms with Gasteiger partial charge >= 0.3 is 0 Å². The topological polar surface area (TPSA) is 46.7 Å². The largest absolute Gasteiger partial charge is 0.333 e. The molecule has 1 aliphatic heterocycles. The molecule has 130 valence electrons. The number of carbonyl (C=O) groups excluding carboxylic acids is 2. The second-order valence-corrected chi connectivity index (χ2v) is 9.82. The SMILES string of the molecule is C#C[C@@]12O[C@]1(C=O)[C@]1(C)CC[C@H]3C(C)(C)CCC[C@]3(C)[C@H]1CC2=O. The highest BCUT2D eigenvalue weighted by molar-refractivity contribution is 6.03. The molecule has 0 unspecified atom stereocenters. The number of fused-ring (bicyclic) bond motifs is 5. The average molecular weight is 328 g/mol. The minimum atomic E-state index is -1.28. The molecule has 4 fully saturated rings. The summed E-state index contributed by atoms with van der Waals surface area (Å²) in [6.45, 7) is 9.26. The molecule has 0 N–H and O–H groups in total. The summed E-state index contributed by atoms with van der Waals surface area (Å²) in [6, 6.07) is 0. The fourth-order valence-electron chi connectivity index (χ4n) is 7.34. The van der Waals surface area contributed by atoms with Crippen LogP contribution in [0.1, 0.15) is 66.2 Å². The Morgan fingerprint density at radius 1 is 1.17 bits per heavy atom. The van der Waals surface area contributed by atoms with E-state index in [9.17, 15) is 9.59 Å². The fraction of sp³-hybridized carbons (Fsp3) is 0.810. The molecule has 0 bridgehead atoms. The molecule has 0 aromatic rings. The zero-order valence-corrected chi connectivity index (χ0v) is 15.3. The summed E-state index contributed by atoms with van der Waals surface area (Å²) >= 11 is 0. The van der Waals surface area contributed by atoms with Gasteiger partial charge in [0.2, 0.25) is 5.60 Å². The van der Waals surface area contributed by atoms with Crippen molar-refractivity contribution in [2.75, 3.05) is 0 Å². The number of rotatable bonds is 1. The molecule has 0 aromatic carbocycles. The molecule has 24 heavy (non-hydrogen) atoms. The second kappa shape index (κ2) is 4.33. The molecular weight excluding hydrogens is 300 g/mol. The highest BCUT2D eigenvalue weighted by Gasteiger charge is 2.86. The van der Waals surface area contributed by atoms with E-state index in [2.05, 4.69) is 33.6 Å². The molecule has 6 atom stereocenters. The van der Waals surface area contributed by atoms with E-state index in [1.54, 1.807) is 0 Å². The maximum absolute atomic E-state index is 12.9. The van der Waals surface area contributed by atoms with Crippen molar-refractivity contribution in [1.82, 2.24) is 0 Å². The summed E-state index contributed by atoms with van der Waals surface area (Å²) in [4.78, 5) is 25.0. The van der Waals surface area contributed by atoms with Gasteiger partial charge in [0.1, 0.15) is 0 Å². The van der Waals surface area contributed by atoms with Crippen LogP contribution in [0.25, 0.3) is 0 Å². The van der Waals surface area contributed by atoms with E-state index in [0.717, 1.165) is 25.5 Å². The Bertz CT molecular complexity index is 673. The van der Waals surface area contributed by atoms with Crippen LogP contribution in [0.4, 0.5) is 0 Å². The third-order valence-corrected chi connectivity index (χ3v) is 8.59. The fourth-order valence-corrected chi connectivity index (χ4v) is 7.34. The molecule has 4 aliphatic rings. The number of epoxide rings is 1. The van der Waals surface area contributed by atoms with Crippen LogP contribution in [0.5, 0.6) is 0 Å². The lowest BCUT2D eigenvalue weighted by molar-refractivity contribution is -0.167. The standard InChI is InChI=1S/C21H28O3/c1-6-20-16(23)12-15-18(4)10-7-9-17(2,3)14(18)8-11-19(15,5)21(20,13-22)24-20/h1,13-15H,7-12H2,2-5H3/t14-,15+,18-,19+,20-,21+/m0/s1. The van der Waals surface area contributed by atoms with Crippen LogP contribution in [0.2, 0.25) is 0 Å². The van der Waals surface area contributed by atoms with Gasteiger partial charge in [-0.05, 0) is 48.3 Å². The Hall–Kier alpha value is -1.14. The molecule has 0 aromatic heterocycles. The Kier molecular flexibility index (Phi) is 2.95. The number of carbonyl (C=O) groups is 2. The number of hydrogen-bond acceptors (Lipinski definition) is 3. The number of ether oxygens (including phenoxy) is 1. The van der Waals surface area contributed by atoms with Gasteiger partial charge in [-0.15, -0.1) is 6.42 Å². The molecular formula is C21H28O3. The normalized spacial score (nSPS) is 54.7. The van der Waals surface area contributed by atoms with E-state index in [4.69, 9.17) is 11.2 Å². The first-order valence-corrected chi connectivity index (χ1v) is 9.31. The van der Waals surface area contributed by atoms with Gasteiger partial charge in [-0.2, -0.15) is 0 Å². The van der Waals surface area contributed by atoms with E-state index < -0.39 is 11.2 Å². The van der Waals surface area contributed by atoms with Gasteiger partial charge in [0.15, 0.2) is 17.7 Å². The molecule has 3 heteroatoms. The van der Waals surface area contributed by atoms with Crippen molar-refractivity contribution in [1.29, 1.82) is 0 Å². The third kappa shape index (κ3) is 1.47. The average Bonchev–Trinajstić information content (AvgIpc) is 3.22. The van der Waals surface area contributed by atoms with Gasteiger partial charge < -0.3 is 4.74 Å². The number of aldehydes is 1. The lowest BCUT2D eigenvalue weighted by Crippen LogP contribution is -2.64. The van der Waals surface area contributed by atoms with Crippen molar-refractivity contribution in [3.63, 3.8) is 0 Å². The maximum atomic E-state index is 12.9. The van der Waals surface area contributed by atoms with E-state index >= 15 is 0 Å². The molecule has 0 radical (unpaired) electrons. The monoisotopic (exact) mass is 328 g/mol. The Morgan fingerprint density at radius 2 is 1.88 bits per heavy atom. The second-order valence-electron chi connectivity index (χ2n) is 9.82. The molecule has 0 spiro atoms. The first-order valence-electron chi connectivity index (χ1n) is 9.31. The predicted molar refractivity (Wildman–Crippen MR) is 91.1 cm³/mol. The van der Waals surface area contributed by atoms with Crippen LogP contribution in [0.3, 0.4) is 0 Å².